The number of carboxylic acid groups (broad SMARTS) is 1. The molecule has 1 unspecified atom stereocenters. The Morgan fingerprint density at radius 3 is 2.70 bits per heavy atom. The Morgan fingerprint density at radius 1 is 1.40 bits per heavy atom. The fraction of sp³-hybridized carbons (Fsp3) is 0.200. The van der Waals surface area contributed by atoms with Crippen LogP contribution in [0.15, 0.2) is 45.9 Å². The lowest BCUT2D eigenvalue weighted by atomic mass is 10.00. The topological polar surface area (TPSA) is 118 Å². The number of ether oxygens (including phenoxy) is 1. The van der Waals surface area contributed by atoms with Gasteiger partial charge in [-0.1, -0.05) is 11.6 Å². The molecule has 0 saturated carbocycles. The summed E-state index contributed by atoms with van der Waals surface area (Å²) in [4.78, 5) is 28.7. The quantitative estimate of drug-likeness (QED) is 0.609. The number of pyridine rings is 1. The van der Waals surface area contributed by atoms with E-state index in [1.807, 2.05) is 6.07 Å². The summed E-state index contributed by atoms with van der Waals surface area (Å²) in [7, 11) is 1.39. The molecule has 0 spiro atoms. The molecule has 3 rings (SSSR count). The maximum atomic E-state index is 12.8. The highest BCUT2D eigenvalue weighted by atomic mass is 35.5. The van der Waals surface area contributed by atoms with Crippen molar-refractivity contribution in [2.45, 2.75) is 19.4 Å². The van der Waals surface area contributed by atoms with Crippen LogP contribution in [0.25, 0.3) is 11.1 Å². The number of aryl methyl sites for hydroxylation is 1. The highest BCUT2D eigenvalue weighted by Gasteiger charge is 2.25. The zero-order valence-corrected chi connectivity index (χ0v) is 17.5. The average molecular weight is 450 g/mol. The number of halogens is 2. The number of aromatic nitrogens is 2. The maximum Gasteiger partial charge on any atom is 0.327 e. The molecule has 2 heterocycles. The second-order valence-corrected chi connectivity index (χ2v) is 6.66. The van der Waals surface area contributed by atoms with E-state index in [0.29, 0.717) is 33.3 Å². The summed E-state index contributed by atoms with van der Waals surface area (Å²) in [6, 6.07) is 6.72. The molecule has 1 atom stereocenters. The van der Waals surface area contributed by atoms with Crippen LogP contribution >= 0.6 is 24.0 Å². The third-order valence-electron chi connectivity index (χ3n) is 4.35. The van der Waals surface area contributed by atoms with Crippen LogP contribution in [0.5, 0.6) is 5.75 Å². The minimum atomic E-state index is -1.22. The first-order valence-electron chi connectivity index (χ1n) is 8.48. The summed E-state index contributed by atoms with van der Waals surface area (Å²) in [5.74, 6) is -0.580. The summed E-state index contributed by atoms with van der Waals surface area (Å²) in [6.07, 6.45) is 2.62. The fourth-order valence-electron chi connectivity index (χ4n) is 2.99. The van der Waals surface area contributed by atoms with Crippen LogP contribution in [0.4, 0.5) is 0 Å². The van der Waals surface area contributed by atoms with E-state index in [2.05, 4.69) is 4.98 Å². The van der Waals surface area contributed by atoms with Crippen LogP contribution in [0.1, 0.15) is 23.2 Å². The number of rotatable bonds is 6. The fourth-order valence-corrected chi connectivity index (χ4v) is 3.16. The SMILES string of the molecule is COc1cn(C(Cc2coc(C)n2)C(=O)O)c(=O)cc1-c1cc(Cl)ccc1C#N.Cl. The molecule has 156 valence electrons. The first kappa shape index (κ1) is 23.0. The van der Waals surface area contributed by atoms with Crippen molar-refractivity contribution in [3.63, 3.8) is 0 Å². The van der Waals surface area contributed by atoms with E-state index in [9.17, 15) is 20.0 Å². The van der Waals surface area contributed by atoms with Crippen LogP contribution in [0.3, 0.4) is 0 Å². The number of methoxy groups -OCH3 is 1. The molecule has 8 nitrogen and oxygen atoms in total. The van der Waals surface area contributed by atoms with Crippen LogP contribution in [-0.2, 0) is 11.2 Å². The van der Waals surface area contributed by atoms with Crippen LogP contribution in [-0.4, -0.2) is 27.7 Å². The van der Waals surface area contributed by atoms with Crippen molar-refractivity contribution in [2.75, 3.05) is 7.11 Å². The van der Waals surface area contributed by atoms with Crippen molar-refractivity contribution in [3.05, 3.63) is 69.3 Å². The van der Waals surface area contributed by atoms with Gasteiger partial charge in [0.15, 0.2) is 5.89 Å². The Morgan fingerprint density at radius 2 is 2.13 bits per heavy atom. The number of carbonyl (C=O) groups is 1. The lowest BCUT2D eigenvalue weighted by molar-refractivity contribution is -0.141. The third-order valence-corrected chi connectivity index (χ3v) is 4.58. The number of hydrogen-bond acceptors (Lipinski definition) is 6. The molecule has 0 radical (unpaired) electrons. The lowest BCUT2D eigenvalue weighted by Crippen LogP contribution is -2.31. The molecule has 10 heteroatoms. The standard InChI is InChI=1S/C20H16ClN3O5.ClH/c1-11-23-14(10-29-11)6-17(20(26)27)24-9-18(28-2)16(7-19(24)25)15-5-13(21)4-3-12(15)8-22;/h3-5,7,9-10,17H,6H2,1-2H3,(H,26,27);1H. The predicted molar refractivity (Wildman–Crippen MR) is 111 cm³/mol. The van der Waals surface area contributed by atoms with Gasteiger partial charge in [-0.25, -0.2) is 9.78 Å². The molecule has 30 heavy (non-hydrogen) atoms. The second-order valence-electron chi connectivity index (χ2n) is 6.22. The molecule has 0 saturated heterocycles. The largest absolute Gasteiger partial charge is 0.495 e. The Kier molecular flexibility index (Phi) is 7.27. The lowest BCUT2D eigenvalue weighted by Gasteiger charge is -2.18. The number of nitriles is 1. The molecule has 0 aliphatic carbocycles. The monoisotopic (exact) mass is 449 g/mol. The summed E-state index contributed by atoms with van der Waals surface area (Å²) in [6.45, 7) is 1.64. The summed E-state index contributed by atoms with van der Waals surface area (Å²) in [5.41, 5.74) is 0.899. The van der Waals surface area contributed by atoms with E-state index in [0.717, 1.165) is 4.57 Å². The molecule has 3 aromatic rings. The van der Waals surface area contributed by atoms with E-state index in [1.165, 1.54) is 31.7 Å². The van der Waals surface area contributed by atoms with Crippen molar-refractivity contribution in [2.24, 2.45) is 0 Å². The average Bonchev–Trinajstić information content (AvgIpc) is 3.11. The van der Waals surface area contributed by atoms with E-state index in [1.54, 1.807) is 19.1 Å². The number of hydrogen-bond donors (Lipinski definition) is 1. The van der Waals surface area contributed by atoms with Crippen LogP contribution in [0.2, 0.25) is 5.02 Å². The smallest absolute Gasteiger partial charge is 0.327 e. The Bertz CT molecular complexity index is 1180. The van der Waals surface area contributed by atoms with Crippen molar-refractivity contribution >= 4 is 30.0 Å². The Balaban J connectivity index is 0.00000320. The van der Waals surface area contributed by atoms with Gasteiger partial charge in [0.1, 0.15) is 18.1 Å². The molecule has 1 aromatic carbocycles. The molecule has 1 N–H and O–H groups in total. The van der Waals surface area contributed by atoms with Gasteiger partial charge in [0.2, 0.25) is 0 Å². The van der Waals surface area contributed by atoms with Gasteiger partial charge >= 0.3 is 5.97 Å². The maximum absolute atomic E-state index is 12.8. The second kappa shape index (κ2) is 9.48. The number of benzene rings is 1. The van der Waals surface area contributed by atoms with Crippen molar-refractivity contribution in [1.82, 2.24) is 9.55 Å². The van der Waals surface area contributed by atoms with Gasteiger partial charge in [-0.3, -0.25) is 9.36 Å². The number of oxazole rings is 1. The number of aliphatic carboxylic acids is 1. The molecule has 0 aliphatic heterocycles. The highest BCUT2D eigenvalue weighted by Crippen LogP contribution is 2.33. The molecule has 0 bridgehead atoms. The third kappa shape index (κ3) is 4.64. The van der Waals surface area contributed by atoms with Crippen LogP contribution < -0.4 is 10.3 Å². The predicted octanol–water partition coefficient (Wildman–Crippen LogP) is 3.64. The molecular weight excluding hydrogens is 433 g/mol. The van der Waals surface area contributed by atoms with Crippen molar-refractivity contribution in [1.29, 1.82) is 5.26 Å². The number of nitrogens with zero attached hydrogens (tertiary/aromatic N) is 3. The van der Waals surface area contributed by atoms with Crippen molar-refractivity contribution in [3.8, 4) is 22.9 Å². The van der Waals surface area contributed by atoms with E-state index >= 15 is 0 Å². The minimum absolute atomic E-state index is 0. The summed E-state index contributed by atoms with van der Waals surface area (Å²) in [5, 5.41) is 19.4. The normalized spacial score (nSPS) is 11.3. The van der Waals surface area contributed by atoms with Crippen LogP contribution in [0, 0.1) is 18.3 Å². The van der Waals surface area contributed by atoms with Gasteiger partial charge in [0, 0.05) is 35.6 Å². The van der Waals surface area contributed by atoms with Gasteiger partial charge in [-0.05, 0) is 18.2 Å². The molecule has 0 amide bonds. The molecule has 0 aliphatic rings. The zero-order chi connectivity index (χ0) is 21.1. The first-order valence-corrected chi connectivity index (χ1v) is 8.86. The van der Waals surface area contributed by atoms with Crippen molar-refractivity contribution < 1.29 is 19.1 Å². The van der Waals surface area contributed by atoms with Gasteiger partial charge in [-0.2, -0.15) is 5.26 Å². The van der Waals surface area contributed by atoms with Gasteiger partial charge in [0.25, 0.3) is 5.56 Å². The molecular formula is C20H17Cl2N3O5. The molecule has 2 aromatic heterocycles. The highest BCUT2D eigenvalue weighted by molar-refractivity contribution is 6.31. The number of carboxylic acids is 1. The van der Waals surface area contributed by atoms with E-state index in [4.69, 9.17) is 20.8 Å². The minimum Gasteiger partial charge on any atom is -0.495 e. The summed E-state index contributed by atoms with van der Waals surface area (Å²) >= 11 is 6.05. The van der Waals surface area contributed by atoms with Gasteiger partial charge < -0.3 is 14.3 Å². The Hall–Kier alpha value is -3.28. The molecule has 0 fully saturated rings. The van der Waals surface area contributed by atoms with E-state index < -0.39 is 17.6 Å². The van der Waals surface area contributed by atoms with Gasteiger partial charge in [0.05, 0.1) is 30.6 Å². The zero-order valence-electron chi connectivity index (χ0n) is 16.0. The summed E-state index contributed by atoms with van der Waals surface area (Å²) < 4.78 is 11.6. The Labute approximate surface area is 182 Å². The van der Waals surface area contributed by atoms with E-state index in [-0.39, 0.29) is 24.6 Å². The first-order chi connectivity index (χ1) is 13.8. The van der Waals surface area contributed by atoms with Gasteiger partial charge in [-0.15, -0.1) is 12.4 Å².